The van der Waals surface area contributed by atoms with Gasteiger partial charge < -0.3 is 14.6 Å². The molecule has 0 saturated carbocycles. The Kier molecular flexibility index (Phi) is 4.33. The smallest absolute Gasteiger partial charge is 0.325 e. The maximum absolute atomic E-state index is 11.2. The highest BCUT2D eigenvalue weighted by atomic mass is 16.4. The molecule has 1 unspecified atom stereocenters. The normalized spacial score (nSPS) is 12.3. The van der Waals surface area contributed by atoms with Crippen LogP contribution in [0, 0.1) is 0 Å². The van der Waals surface area contributed by atoms with Crippen LogP contribution < -0.4 is 5.32 Å². The molecule has 1 heterocycles. The summed E-state index contributed by atoms with van der Waals surface area (Å²) in [7, 11) is 0. The molecule has 0 aliphatic carbocycles. The highest BCUT2D eigenvalue weighted by Gasteiger charge is 2.19. The number of rotatable bonds is 6. The van der Waals surface area contributed by atoms with E-state index in [9.17, 15) is 9.90 Å². The lowest BCUT2D eigenvalue weighted by molar-refractivity contribution is -0.139. The molecule has 19 heavy (non-hydrogen) atoms. The van der Waals surface area contributed by atoms with Crippen LogP contribution in [0.5, 0.6) is 0 Å². The van der Waals surface area contributed by atoms with Crippen molar-refractivity contribution >= 4 is 5.97 Å². The zero-order valence-electron chi connectivity index (χ0n) is 10.2. The van der Waals surface area contributed by atoms with Crippen LogP contribution in [0.15, 0.2) is 46.9 Å². The predicted molar refractivity (Wildman–Crippen MR) is 68.3 cm³/mol. The van der Waals surface area contributed by atoms with Crippen molar-refractivity contribution < 1.29 is 19.4 Å². The fourth-order valence-electron chi connectivity index (χ4n) is 1.80. The second kappa shape index (κ2) is 6.17. The van der Waals surface area contributed by atoms with E-state index in [1.54, 1.807) is 36.4 Å². The first-order valence-electron chi connectivity index (χ1n) is 5.90. The van der Waals surface area contributed by atoms with Crippen molar-refractivity contribution in [3.05, 3.63) is 59.5 Å². The zero-order valence-corrected chi connectivity index (χ0v) is 10.2. The van der Waals surface area contributed by atoms with Crippen molar-refractivity contribution in [3.63, 3.8) is 0 Å². The Hall–Kier alpha value is -2.11. The molecule has 100 valence electrons. The number of carbonyl (C=O) groups is 1. The summed E-state index contributed by atoms with van der Waals surface area (Å²) < 4.78 is 5.29. The first kappa shape index (κ1) is 13.3. The largest absolute Gasteiger partial charge is 0.480 e. The van der Waals surface area contributed by atoms with Gasteiger partial charge in [-0.05, 0) is 17.7 Å². The maximum Gasteiger partial charge on any atom is 0.325 e. The Balaban J connectivity index is 2.04. The van der Waals surface area contributed by atoms with Crippen LogP contribution in [0.1, 0.15) is 23.1 Å². The lowest BCUT2D eigenvalue weighted by Crippen LogP contribution is -2.27. The molecule has 1 aromatic heterocycles. The number of aliphatic hydroxyl groups excluding tert-OH is 1. The summed E-state index contributed by atoms with van der Waals surface area (Å²) in [4.78, 5) is 11.2. The fourth-order valence-corrected chi connectivity index (χ4v) is 1.80. The number of carboxylic acid groups (broad SMARTS) is 1. The summed E-state index contributed by atoms with van der Waals surface area (Å²) in [5.74, 6) is 0.106. The number of furan rings is 1. The van der Waals surface area contributed by atoms with Crippen molar-refractivity contribution in [1.82, 2.24) is 5.32 Å². The van der Waals surface area contributed by atoms with Crippen LogP contribution in [0.2, 0.25) is 0 Å². The van der Waals surface area contributed by atoms with Gasteiger partial charge in [-0.1, -0.05) is 30.3 Å². The average molecular weight is 261 g/mol. The monoisotopic (exact) mass is 261 g/mol. The van der Waals surface area contributed by atoms with E-state index in [1.807, 2.05) is 6.07 Å². The van der Waals surface area contributed by atoms with Crippen LogP contribution in [-0.4, -0.2) is 16.2 Å². The lowest BCUT2D eigenvalue weighted by Gasteiger charge is -2.13. The third kappa shape index (κ3) is 3.43. The number of aliphatic hydroxyl groups is 1. The Bertz CT molecular complexity index is 535. The molecule has 1 atom stereocenters. The molecule has 2 rings (SSSR count). The summed E-state index contributed by atoms with van der Waals surface area (Å²) in [6.45, 7) is 0.118. The highest BCUT2D eigenvalue weighted by Crippen LogP contribution is 2.14. The van der Waals surface area contributed by atoms with Gasteiger partial charge in [0, 0.05) is 0 Å². The quantitative estimate of drug-likeness (QED) is 0.737. The number of carboxylic acids is 1. The molecule has 0 bridgehead atoms. The molecular formula is C14H15NO4. The molecule has 0 radical (unpaired) electrons. The van der Waals surface area contributed by atoms with Gasteiger partial charge in [0.1, 0.15) is 24.2 Å². The zero-order chi connectivity index (χ0) is 13.7. The molecule has 0 amide bonds. The van der Waals surface area contributed by atoms with Gasteiger partial charge in [0.2, 0.25) is 0 Å². The van der Waals surface area contributed by atoms with E-state index in [0.717, 1.165) is 0 Å². The molecule has 5 heteroatoms. The van der Waals surface area contributed by atoms with E-state index in [1.165, 1.54) is 0 Å². The second-order valence-electron chi connectivity index (χ2n) is 4.09. The standard InChI is InChI=1S/C14H15NO4/c16-9-12-7-6-11(19-12)8-15-13(14(17)18)10-4-2-1-3-5-10/h1-7,13,15-16H,8-9H2,(H,17,18). The van der Waals surface area contributed by atoms with Gasteiger partial charge in [-0.15, -0.1) is 0 Å². The van der Waals surface area contributed by atoms with E-state index in [2.05, 4.69) is 5.32 Å². The third-order valence-corrected chi connectivity index (χ3v) is 2.73. The summed E-state index contributed by atoms with van der Waals surface area (Å²) in [6, 6.07) is 11.5. The minimum absolute atomic E-state index is 0.166. The molecule has 5 nitrogen and oxygen atoms in total. The van der Waals surface area contributed by atoms with Crippen LogP contribution in [-0.2, 0) is 17.9 Å². The molecule has 0 fully saturated rings. The van der Waals surface area contributed by atoms with Crippen molar-refractivity contribution in [1.29, 1.82) is 0 Å². The Morgan fingerprint density at radius 3 is 2.42 bits per heavy atom. The van der Waals surface area contributed by atoms with Gasteiger partial charge in [-0.2, -0.15) is 0 Å². The predicted octanol–water partition coefficient (Wildman–Crippen LogP) is 1.69. The van der Waals surface area contributed by atoms with Crippen LogP contribution in [0.3, 0.4) is 0 Å². The molecule has 0 aliphatic rings. The topological polar surface area (TPSA) is 82.7 Å². The fraction of sp³-hybridized carbons (Fsp3) is 0.214. The molecule has 0 aliphatic heterocycles. The number of aliphatic carboxylic acids is 1. The summed E-state index contributed by atoms with van der Waals surface area (Å²) >= 11 is 0. The van der Waals surface area contributed by atoms with Gasteiger partial charge in [0.25, 0.3) is 0 Å². The van der Waals surface area contributed by atoms with Crippen molar-refractivity contribution in [2.75, 3.05) is 0 Å². The van der Waals surface area contributed by atoms with Gasteiger partial charge in [0.05, 0.1) is 6.54 Å². The van der Waals surface area contributed by atoms with Gasteiger partial charge >= 0.3 is 5.97 Å². The number of hydrogen-bond donors (Lipinski definition) is 3. The van der Waals surface area contributed by atoms with Crippen molar-refractivity contribution in [2.45, 2.75) is 19.2 Å². The van der Waals surface area contributed by atoms with Crippen molar-refractivity contribution in [3.8, 4) is 0 Å². The Morgan fingerprint density at radius 1 is 1.16 bits per heavy atom. The van der Waals surface area contributed by atoms with E-state index in [0.29, 0.717) is 17.1 Å². The van der Waals surface area contributed by atoms with E-state index in [-0.39, 0.29) is 13.2 Å². The van der Waals surface area contributed by atoms with Gasteiger partial charge in [-0.3, -0.25) is 10.1 Å². The first-order chi connectivity index (χ1) is 9.20. The maximum atomic E-state index is 11.2. The van der Waals surface area contributed by atoms with Crippen LogP contribution >= 0.6 is 0 Å². The summed E-state index contributed by atoms with van der Waals surface area (Å²) in [6.07, 6.45) is 0. The van der Waals surface area contributed by atoms with Gasteiger partial charge in [-0.25, -0.2) is 0 Å². The number of hydrogen-bond acceptors (Lipinski definition) is 4. The van der Waals surface area contributed by atoms with Crippen LogP contribution in [0.4, 0.5) is 0 Å². The third-order valence-electron chi connectivity index (χ3n) is 2.73. The minimum atomic E-state index is -0.944. The highest BCUT2D eigenvalue weighted by molar-refractivity contribution is 5.75. The molecular weight excluding hydrogens is 246 g/mol. The van der Waals surface area contributed by atoms with Crippen molar-refractivity contribution in [2.24, 2.45) is 0 Å². The molecule has 0 saturated heterocycles. The summed E-state index contributed by atoms with van der Waals surface area (Å²) in [5, 5.41) is 21.0. The van der Waals surface area contributed by atoms with E-state index < -0.39 is 12.0 Å². The number of benzene rings is 1. The van der Waals surface area contributed by atoms with E-state index >= 15 is 0 Å². The molecule has 2 aromatic rings. The minimum Gasteiger partial charge on any atom is -0.480 e. The Morgan fingerprint density at radius 2 is 1.84 bits per heavy atom. The Labute approximate surface area is 110 Å². The first-order valence-corrected chi connectivity index (χ1v) is 5.90. The van der Waals surface area contributed by atoms with E-state index in [4.69, 9.17) is 9.52 Å². The average Bonchev–Trinajstić information content (AvgIpc) is 2.88. The molecule has 0 spiro atoms. The van der Waals surface area contributed by atoms with Gasteiger partial charge in [0.15, 0.2) is 0 Å². The lowest BCUT2D eigenvalue weighted by atomic mass is 10.1. The van der Waals surface area contributed by atoms with Crippen LogP contribution in [0.25, 0.3) is 0 Å². The number of nitrogens with one attached hydrogen (secondary N) is 1. The summed E-state index contributed by atoms with van der Waals surface area (Å²) in [5.41, 5.74) is 0.684. The SMILES string of the molecule is O=C(O)C(NCc1ccc(CO)o1)c1ccccc1. The molecule has 1 aromatic carbocycles. The second-order valence-corrected chi connectivity index (χ2v) is 4.09. The molecule has 3 N–H and O–H groups in total.